The number of urea groups is 1. The Labute approximate surface area is 137 Å². The van der Waals surface area contributed by atoms with Crippen molar-refractivity contribution in [1.29, 1.82) is 0 Å². The Morgan fingerprint density at radius 1 is 1.00 bits per heavy atom. The lowest BCUT2D eigenvalue weighted by Crippen LogP contribution is -2.32. The maximum absolute atomic E-state index is 12.1. The number of hydrogen-bond donors (Lipinski definition) is 2. The van der Waals surface area contributed by atoms with Crippen LogP contribution in [0.3, 0.4) is 0 Å². The minimum Gasteiger partial charge on any atom is -0.325 e. The summed E-state index contributed by atoms with van der Waals surface area (Å²) >= 11 is 0. The largest absolute Gasteiger partial charge is 0.325 e. The van der Waals surface area contributed by atoms with Crippen molar-refractivity contribution in [2.45, 2.75) is 25.8 Å². The highest BCUT2D eigenvalue weighted by atomic mass is 16.2. The third-order valence-corrected chi connectivity index (χ3v) is 4.30. The molecule has 1 saturated heterocycles. The van der Waals surface area contributed by atoms with Gasteiger partial charge in [0.1, 0.15) is 0 Å². The summed E-state index contributed by atoms with van der Waals surface area (Å²) in [6.07, 6.45) is 2.20. The molecule has 3 N–H and O–H groups in total. The molecular formula is C19H23N3O. The number of carbonyl (C=O) groups excluding carboxylic acids is 1. The van der Waals surface area contributed by atoms with E-state index in [0.29, 0.717) is 0 Å². The van der Waals surface area contributed by atoms with Gasteiger partial charge in [0, 0.05) is 24.8 Å². The summed E-state index contributed by atoms with van der Waals surface area (Å²) in [4.78, 5) is 13.9. The number of rotatable bonds is 3. The van der Waals surface area contributed by atoms with Crippen LogP contribution in [0.15, 0.2) is 48.5 Å². The predicted molar refractivity (Wildman–Crippen MR) is 94.3 cm³/mol. The third-order valence-electron chi connectivity index (χ3n) is 4.30. The quantitative estimate of drug-likeness (QED) is 0.900. The van der Waals surface area contributed by atoms with E-state index in [4.69, 9.17) is 5.73 Å². The number of nitrogens with zero attached hydrogens (tertiary/aromatic N) is 1. The van der Waals surface area contributed by atoms with E-state index in [1.165, 1.54) is 0 Å². The number of nitrogens with one attached hydrogen (secondary N) is 1. The summed E-state index contributed by atoms with van der Waals surface area (Å²) in [6, 6.07) is 16.3. The topological polar surface area (TPSA) is 58.4 Å². The molecule has 1 heterocycles. The number of carbonyl (C=O) groups is 1. The molecule has 1 fully saturated rings. The summed E-state index contributed by atoms with van der Waals surface area (Å²) in [5, 5.41) is 2.96. The molecule has 0 bridgehead atoms. The van der Waals surface area contributed by atoms with Crippen molar-refractivity contribution < 1.29 is 4.79 Å². The van der Waals surface area contributed by atoms with Crippen molar-refractivity contribution in [1.82, 2.24) is 4.90 Å². The summed E-state index contributed by atoms with van der Waals surface area (Å²) in [5.74, 6) is 0. The number of benzene rings is 2. The average molecular weight is 309 g/mol. The molecule has 1 aliphatic rings. The Balaban J connectivity index is 1.67. The molecule has 0 radical (unpaired) electrons. The van der Waals surface area contributed by atoms with Crippen molar-refractivity contribution in [2.75, 3.05) is 18.4 Å². The van der Waals surface area contributed by atoms with Gasteiger partial charge in [-0.05, 0) is 48.6 Å². The van der Waals surface area contributed by atoms with Crippen LogP contribution in [0.1, 0.15) is 31.4 Å². The second kappa shape index (κ2) is 6.84. The van der Waals surface area contributed by atoms with Gasteiger partial charge in [0.25, 0.3) is 0 Å². The lowest BCUT2D eigenvalue weighted by atomic mass is 10.0. The summed E-state index contributed by atoms with van der Waals surface area (Å²) in [7, 11) is 0. The van der Waals surface area contributed by atoms with E-state index < -0.39 is 0 Å². The third kappa shape index (κ3) is 3.71. The fourth-order valence-electron chi connectivity index (χ4n) is 2.85. The van der Waals surface area contributed by atoms with Crippen molar-refractivity contribution >= 4 is 11.7 Å². The first-order valence-electron chi connectivity index (χ1n) is 8.15. The molecule has 0 aliphatic carbocycles. The molecule has 4 heteroatoms. The molecule has 23 heavy (non-hydrogen) atoms. The van der Waals surface area contributed by atoms with E-state index in [9.17, 15) is 4.79 Å². The smallest absolute Gasteiger partial charge is 0.321 e. The second-order valence-corrected chi connectivity index (χ2v) is 6.11. The van der Waals surface area contributed by atoms with Crippen LogP contribution in [-0.2, 0) is 0 Å². The molecule has 2 aromatic rings. The van der Waals surface area contributed by atoms with Crippen LogP contribution < -0.4 is 11.1 Å². The van der Waals surface area contributed by atoms with Gasteiger partial charge in [-0.15, -0.1) is 0 Å². The van der Waals surface area contributed by atoms with E-state index in [1.54, 1.807) is 0 Å². The first-order valence-corrected chi connectivity index (χ1v) is 8.15. The molecule has 120 valence electrons. The predicted octanol–water partition coefficient (Wildman–Crippen LogP) is 4.00. The number of amides is 2. The van der Waals surface area contributed by atoms with Crippen molar-refractivity contribution in [2.24, 2.45) is 5.73 Å². The van der Waals surface area contributed by atoms with Crippen LogP contribution in [0, 0.1) is 0 Å². The number of hydrogen-bond acceptors (Lipinski definition) is 2. The Kier molecular flexibility index (Phi) is 4.63. The summed E-state index contributed by atoms with van der Waals surface area (Å²) in [5.41, 5.74) is 10.1. The lowest BCUT2D eigenvalue weighted by Gasteiger charge is -2.16. The second-order valence-electron chi connectivity index (χ2n) is 6.11. The van der Waals surface area contributed by atoms with E-state index in [2.05, 4.69) is 29.6 Å². The fraction of sp³-hybridized carbons (Fsp3) is 0.316. The number of likely N-dealkylation sites (tertiary alicyclic amines) is 1. The lowest BCUT2D eigenvalue weighted by molar-refractivity contribution is 0.222. The molecular weight excluding hydrogens is 286 g/mol. The molecule has 4 nitrogen and oxygen atoms in total. The molecule has 0 spiro atoms. The van der Waals surface area contributed by atoms with Gasteiger partial charge in [0.05, 0.1) is 0 Å². The van der Waals surface area contributed by atoms with Crippen LogP contribution in [-0.4, -0.2) is 24.0 Å². The highest BCUT2D eigenvalue weighted by Gasteiger charge is 2.17. The minimum absolute atomic E-state index is 0.00321. The van der Waals surface area contributed by atoms with E-state index >= 15 is 0 Å². The molecule has 0 aromatic heterocycles. The minimum atomic E-state index is -0.00321. The van der Waals surface area contributed by atoms with Crippen LogP contribution in [0.25, 0.3) is 11.1 Å². The first-order chi connectivity index (χ1) is 11.1. The first kappa shape index (κ1) is 15.6. The van der Waals surface area contributed by atoms with E-state index in [-0.39, 0.29) is 12.1 Å². The van der Waals surface area contributed by atoms with Crippen LogP contribution in [0.5, 0.6) is 0 Å². The monoisotopic (exact) mass is 309 g/mol. The zero-order valence-electron chi connectivity index (χ0n) is 13.5. The van der Waals surface area contributed by atoms with Crippen molar-refractivity contribution in [3.8, 4) is 11.1 Å². The number of anilines is 1. The summed E-state index contributed by atoms with van der Waals surface area (Å²) < 4.78 is 0. The van der Waals surface area contributed by atoms with Gasteiger partial charge < -0.3 is 16.0 Å². The average Bonchev–Trinajstić information content (AvgIpc) is 3.10. The molecule has 0 unspecified atom stereocenters. The molecule has 1 aliphatic heterocycles. The van der Waals surface area contributed by atoms with Crippen LogP contribution >= 0.6 is 0 Å². The van der Waals surface area contributed by atoms with Crippen LogP contribution in [0.4, 0.5) is 10.5 Å². The normalized spacial score (nSPS) is 15.5. The van der Waals surface area contributed by atoms with Crippen LogP contribution in [0.2, 0.25) is 0 Å². The zero-order valence-corrected chi connectivity index (χ0v) is 13.5. The Bertz CT molecular complexity index is 656. The molecule has 0 saturated carbocycles. The summed E-state index contributed by atoms with van der Waals surface area (Å²) in [6.45, 7) is 3.69. The van der Waals surface area contributed by atoms with E-state index in [0.717, 1.165) is 48.3 Å². The Hall–Kier alpha value is -2.33. The van der Waals surface area contributed by atoms with Gasteiger partial charge in [-0.1, -0.05) is 36.4 Å². The maximum Gasteiger partial charge on any atom is 0.321 e. The molecule has 3 rings (SSSR count). The van der Waals surface area contributed by atoms with Gasteiger partial charge in [-0.25, -0.2) is 4.79 Å². The van der Waals surface area contributed by atoms with Gasteiger partial charge in [-0.2, -0.15) is 0 Å². The van der Waals surface area contributed by atoms with Crippen molar-refractivity contribution in [3.05, 3.63) is 54.1 Å². The Morgan fingerprint density at radius 2 is 1.52 bits per heavy atom. The molecule has 2 aromatic carbocycles. The highest BCUT2D eigenvalue weighted by Crippen LogP contribution is 2.23. The van der Waals surface area contributed by atoms with Gasteiger partial charge in [0.15, 0.2) is 0 Å². The SMILES string of the molecule is C[C@@H](N)c1ccc(-c2ccc(NC(=O)N3CCCC3)cc2)cc1. The van der Waals surface area contributed by atoms with Gasteiger partial charge >= 0.3 is 6.03 Å². The molecule has 2 amide bonds. The number of nitrogens with two attached hydrogens (primary N) is 1. The fourth-order valence-corrected chi connectivity index (χ4v) is 2.85. The zero-order chi connectivity index (χ0) is 16.2. The van der Waals surface area contributed by atoms with Gasteiger partial charge in [-0.3, -0.25) is 0 Å². The Morgan fingerprint density at radius 3 is 2.04 bits per heavy atom. The molecule has 1 atom stereocenters. The standard InChI is InChI=1S/C19H23N3O/c1-14(20)15-4-6-16(7-5-15)17-8-10-18(11-9-17)21-19(23)22-12-2-3-13-22/h4-11,14H,2-3,12-13,20H2,1H3,(H,21,23)/t14-/m1/s1. The highest BCUT2D eigenvalue weighted by molar-refractivity contribution is 5.89. The van der Waals surface area contributed by atoms with E-state index in [1.807, 2.05) is 36.1 Å². The van der Waals surface area contributed by atoms with Crippen molar-refractivity contribution in [3.63, 3.8) is 0 Å². The maximum atomic E-state index is 12.1. The van der Waals surface area contributed by atoms with Gasteiger partial charge in [0.2, 0.25) is 0 Å².